The smallest absolute Gasteiger partial charge is 0.0672 e. The van der Waals surface area contributed by atoms with Crippen molar-refractivity contribution in [2.75, 3.05) is 0 Å². The molecule has 2 aromatic carbocycles. The van der Waals surface area contributed by atoms with Gasteiger partial charge in [0.15, 0.2) is 0 Å². The van der Waals surface area contributed by atoms with Gasteiger partial charge in [0.25, 0.3) is 0 Å². The van der Waals surface area contributed by atoms with E-state index in [0.717, 1.165) is 38.0 Å². The Balaban J connectivity index is 2.77. The molecule has 0 fully saturated rings. The van der Waals surface area contributed by atoms with Crippen LogP contribution in [0.1, 0.15) is 11.1 Å². The average Bonchev–Trinajstić information content (AvgIpc) is 2.64. The monoisotopic (exact) mass is 1300 g/mol. The summed E-state index contributed by atoms with van der Waals surface area (Å²) in [6.07, 6.45) is 0. The molecular formula is C16H4Br14. The molecule has 0 bridgehead atoms. The van der Waals surface area contributed by atoms with E-state index in [1.807, 2.05) is 24.3 Å². The lowest BCUT2D eigenvalue weighted by atomic mass is 10.0. The highest BCUT2D eigenvalue weighted by atomic mass is 79.9. The largest absolute Gasteiger partial charge is 0.137 e. The van der Waals surface area contributed by atoms with Gasteiger partial charge in [-0.2, -0.15) is 0 Å². The van der Waals surface area contributed by atoms with E-state index in [1.54, 1.807) is 0 Å². The van der Waals surface area contributed by atoms with Crippen LogP contribution in [0.25, 0.3) is 0 Å². The Kier molecular flexibility index (Phi) is 12.0. The Morgan fingerprint density at radius 3 is 1.27 bits per heavy atom. The first-order valence-electron chi connectivity index (χ1n) is 7.22. The maximum Gasteiger partial charge on any atom is 0.137 e. The van der Waals surface area contributed by atoms with E-state index in [4.69, 9.17) is 0 Å². The lowest BCUT2D eigenvalue weighted by molar-refractivity contribution is 0.668. The van der Waals surface area contributed by atoms with Crippen LogP contribution in [-0.4, -0.2) is 6.47 Å². The third-order valence-corrected chi connectivity index (χ3v) is 25.9. The standard InChI is InChI=1S/C16H4Br14/c17-6-4-2-1-3-5(6)13(23,24)15(27,28)16(29,30)14(25,26)7-8(18)10(20)12(22)11(21)9(7)19/h1-4H. The van der Waals surface area contributed by atoms with Crippen molar-refractivity contribution in [1.82, 2.24) is 0 Å². The Bertz CT molecular complexity index is 949. The van der Waals surface area contributed by atoms with Crippen molar-refractivity contribution in [3.8, 4) is 0 Å². The summed E-state index contributed by atoms with van der Waals surface area (Å²) in [5.41, 5.74) is 1.85. The molecule has 0 radical (unpaired) electrons. The van der Waals surface area contributed by atoms with Gasteiger partial charge in [-0.05, 0) is 91.3 Å². The molecular weight excluding hydrogens is 1310 g/mol. The van der Waals surface area contributed by atoms with Crippen LogP contribution in [0, 0.1) is 0 Å². The molecule has 0 atom stereocenters. The van der Waals surface area contributed by atoms with E-state index in [0.29, 0.717) is 0 Å². The molecule has 0 aliphatic heterocycles. The van der Waals surface area contributed by atoms with Crippen molar-refractivity contribution in [3.05, 3.63) is 62.2 Å². The van der Waals surface area contributed by atoms with Gasteiger partial charge < -0.3 is 0 Å². The topological polar surface area (TPSA) is 0 Å². The maximum atomic E-state index is 3.93. The van der Waals surface area contributed by atoms with E-state index in [1.165, 1.54) is 0 Å². The molecule has 0 aliphatic carbocycles. The van der Waals surface area contributed by atoms with Crippen molar-refractivity contribution >= 4 is 223 Å². The van der Waals surface area contributed by atoms with Crippen molar-refractivity contribution < 1.29 is 0 Å². The molecule has 0 N–H and O–H groups in total. The summed E-state index contributed by atoms with van der Waals surface area (Å²) in [4.78, 5) is 0. The van der Waals surface area contributed by atoms with Gasteiger partial charge in [-0.1, -0.05) is 162 Å². The van der Waals surface area contributed by atoms with Gasteiger partial charge in [0, 0.05) is 32.4 Å². The number of alkyl halides is 8. The summed E-state index contributed by atoms with van der Waals surface area (Å²) in [7, 11) is 0. The lowest BCUT2D eigenvalue weighted by Crippen LogP contribution is -2.53. The zero-order valence-corrected chi connectivity index (χ0v) is 35.8. The zero-order valence-electron chi connectivity index (χ0n) is 13.6. The van der Waals surface area contributed by atoms with Crippen LogP contribution in [0.4, 0.5) is 0 Å². The van der Waals surface area contributed by atoms with Crippen molar-refractivity contribution in [3.63, 3.8) is 0 Å². The van der Waals surface area contributed by atoms with Crippen LogP contribution in [-0.2, 0) is 6.47 Å². The highest BCUT2D eigenvalue weighted by Gasteiger charge is 2.67. The van der Waals surface area contributed by atoms with Crippen LogP contribution in [0.15, 0.2) is 51.1 Å². The van der Waals surface area contributed by atoms with Gasteiger partial charge in [0.05, 0.1) is 0 Å². The molecule has 0 nitrogen and oxygen atoms in total. The second-order valence-corrected chi connectivity index (χ2v) is 24.3. The average molecular weight is 1310 g/mol. The van der Waals surface area contributed by atoms with Crippen LogP contribution < -0.4 is 0 Å². The second kappa shape index (κ2) is 11.5. The SMILES string of the molecule is Brc1ccccc1C(Br)(Br)C(Br)(Br)C(Br)(Br)C(Br)(Br)c1c(Br)c(Br)c(Br)c(Br)c1Br. The summed E-state index contributed by atoms with van der Waals surface area (Å²) in [6, 6.07) is 7.94. The molecule has 0 spiro atoms. The Hall–Kier alpha value is 5.16. The molecule has 0 unspecified atom stereocenters. The highest BCUT2D eigenvalue weighted by molar-refractivity contribution is 9.34. The summed E-state index contributed by atoms with van der Waals surface area (Å²) in [5.74, 6) is 0. The number of benzene rings is 2. The molecule has 0 saturated heterocycles. The fourth-order valence-corrected chi connectivity index (χ4v) is 15.0. The molecule has 0 heterocycles. The predicted octanol–water partition coefficient (Wildman–Crippen LogP) is 13.8. The molecule has 0 saturated carbocycles. The Labute approximate surface area is 292 Å². The van der Waals surface area contributed by atoms with Crippen molar-refractivity contribution in [2.45, 2.75) is 12.9 Å². The van der Waals surface area contributed by atoms with Crippen LogP contribution >= 0.6 is 223 Å². The van der Waals surface area contributed by atoms with Gasteiger partial charge >= 0.3 is 0 Å². The summed E-state index contributed by atoms with van der Waals surface area (Å²) in [5, 5.41) is 0. The molecule has 30 heavy (non-hydrogen) atoms. The van der Waals surface area contributed by atoms with E-state index < -0.39 is 12.9 Å². The predicted molar refractivity (Wildman–Crippen MR) is 179 cm³/mol. The molecule has 0 aliphatic rings. The molecule has 166 valence electrons. The highest BCUT2D eigenvalue weighted by Crippen LogP contribution is 2.73. The van der Waals surface area contributed by atoms with E-state index in [2.05, 4.69) is 223 Å². The third kappa shape index (κ3) is 5.47. The molecule has 2 rings (SSSR count). The number of hydrogen-bond acceptors (Lipinski definition) is 0. The van der Waals surface area contributed by atoms with E-state index in [-0.39, 0.29) is 0 Å². The zero-order chi connectivity index (χ0) is 23.4. The number of rotatable bonds is 5. The fourth-order valence-electron chi connectivity index (χ4n) is 2.32. The lowest BCUT2D eigenvalue weighted by Gasteiger charge is -2.49. The van der Waals surface area contributed by atoms with Crippen molar-refractivity contribution in [1.29, 1.82) is 0 Å². The van der Waals surface area contributed by atoms with Crippen LogP contribution in [0.3, 0.4) is 0 Å². The summed E-state index contributed by atoms with van der Waals surface area (Å²) >= 11 is 53.3. The minimum Gasteiger partial charge on any atom is -0.0672 e. The molecule has 14 heteroatoms. The number of halogens is 14. The first-order valence-corrected chi connectivity index (χ1v) is 18.3. The molecule has 0 amide bonds. The molecule has 0 aromatic heterocycles. The van der Waals surface area contributed by atoms with Gasteiger partial charge in [-0.15, -0.1) is 0 Å². The number of hydrogen-bond donors (Lipinski definition) is 0. The van der Waals surface area contributed by atoms with Gasteiger partial charge in [0.1, 0.15) is 12.9 Å². The van der Waals surface area contributed by atoms with Crippen LogP contribution in [0.2, 0.25) is 0 Å². The van der Waals surface area contributed by atoms with Gasteiger partial charge in [0.2, 0.25) is 0 Å². The summed E-state index contributed by atoms with van der Waals surface area (Å²) < 4.78 is 1.77. The summed E-state index contributed by atoms with van der Waals surface area (Å²) in [6.45, 7) is 0. The van der Waals surface area contributed by atoms with Crippen molar-refractivity contribution in [2.24, 2.45) is 0 Å². The Morgan fingerprint density at radius 2 is 0.833 bits per heavy atom. The second-order valence-electron chi connectivity index (χ2n) is 5.72. The van der Waals surface area contributed by atoms with E-state index >= 15 is 0 Å². The first-order chi connectivity index (χ1) is 13.4. The normalized spacial score (nSPS) is 13.7. The van der Waals surface area contributed by atoms with Crippen LogP contribution in [0.5, 0.6) is 0 Å². The van der Waals surface area contributed by atoms with E-state index in [9.17, 15) is 0 Å². The minimum atomic E-state index is -0.903. The third-order valence-electron chi connectivity index (χ3n) is 3.92. The quantitative estimate of drug-likeness (QED) is 0.159. The molecule has 2 aromatic rings. The first kappa shape index (κ1) is 31.4. The fraction of sp³-hybridized carbons (Fsp3) is 0.250. The maximum absolute atomic E-state index is 3.93. The van der Waals surface area contributed by atoms with Gasteiger partial charge in [-0.25, -0.2) is 0 Å². The van der Waals surface area contributed by atoms with Gasteiger partial charge in [-0.3, -0.25) is 0 Å². The Morgan fingerprint density at radius 1 is 0.467 bits per heavy atom. The minimum absolute atomic E-state index is 0.782.